The van der Waals surface area contributed by atoms with Crippen molar-refractivity contribution in [1.82, 2.24) is 10.3 Å². The topological polar surface area (TPSA) is 113 Å². The molecule has 0 saturated heterocycles. The fourth-order valence-corrected chi connectivity index (χ4v) is 3.19. The minimum Gasteiger partial charge on any atom is -0.447 e. The molecule has 0 atom stereocenters. The minimum absolute atomic E-state index is 0.175. The lowest BCUT2D eigenvalue weighted by atomic mass is 10.3. The Morgan fingerprint density at radius 3 is 2.35 bits per heavy atom. The SMILES string of the molecule is O=C(NCc1cnco1)Nc1ccc(NS(=O)(=O)c2ccccc2)cc1. The van der Waals surface area contributed by atoms with Crippen molar-refractivity contribution in [3.63, 3.8) is 0 Å². The van der Waals surface area contributed by atoms with E-state index in [1.54, 1.807) is 42.5 Å². The Balaban J connectivity index is 1.57. The molecule has 26 heavy (non-hydrogen) atoms. The van der Waals surface area contributed by atoms with E-state index in [-0.39, 0.29) is 11.4 Å². The van der Waals surface area contributed by atoms with E-state index in [4.69, 9.17) is 4.42 Å². The quantitative estimate of drug-likeness (QED) is 0.616. The smallest absolute Gasteiger partial charge is 0.319 e. The molecule has 3 aromatic rings. The van der Waals surface area contributed by atoms with Crippen LogP contribution in [0, 0.1) is 0 Å². The number of nitrogens with zero attached hydrogens (tertiary/aromatic N) is 1. The molecule has 1 aromatic heterocycles. The van der Waals surface area contributed by atoms with Crippen LogP contribution in [0.4, 0.5) is 16.2 Å². The average molecular weight is 372 g/mol. The van der Waals surface area contributed by atoms with Gasteiger partial charge in [-0.3, -0.25) is 4.72 Å². The molecule has 0 aliphatic heterocycles. The van der Waals surface area contributed by atoms with Gasteiger partial charge in [0.25, 0.3) is 10.0 Å². The Hall–Kier alpha value is -3.33. The number of nitrogens with one attached hydrogen (secondary N) is 3. The summed E-state index contributed by atoms with van der Waals surface area (Å²) < 4.78 is 32.0. The number of aromatic nitrogens is 1. The second-order valence-corrected chi connectivity index (χ2v) is 6.95. The number of carbonyl (C=O) groups excluding carboxylic acids is 1. The highest BCUT2D eigenvalue weighted by Crippen LogP contribution is 2.18. The number of hydrogen-bond acceptors (Lipinski definition) is 5. The summed E-state index contributed by atoms with van der Waals surface area (Å²) in [6.07, 6.45) is 2.79. The average Bonchev–Trinajstić information content (AvgIpc) is 3.16. The molecule has 0 radical (unpaired) electrons. The molecule has 8 nitrogen and oxygen atoms in total. The monoisotopic (exact) mass is 372 g/mol. The first kappa shape index (κ1) is 17.5. The summed E-state index contributed by atoms with van der Waals surface area (Å²) in [5, 5.41) is 5.25. The first-order chi connectivity index (χ1) is 12.5. The summed E-state index contributed by atoms with van der Waals surface area (Å²) in [7, 11) is -3.65. The summed E-state index contributed by atoms with van der Waals surface area (Å²) in [6, 6.07) is 14.0. The number of sulfonamides is 1. The zero-order valence-electron chi connectivity index (χ0n) is 13.5. The molecular formula is C17H16N4O4S. The van der Waals surface area contributed by atoms with E-state index in [1.807, 2.05) is 0 Å². The molecule has 3 rings (SSSR count). The summed E-state index contributed by atoms with van der Waals surface area (Å²) >= 11 is 0. The molecule has 0 bridgehead atoms. The van der Waals surface area contributed by atoms with Gasteiger partial charge in [-0.15, -0.1) is 0 Å². The zero-order valence-corrected chi connectivity index (χ0v) is 14.4. The third-order valence-corrected chi connectivity index (χ3v) is 4.75. The number of hydrogen-bond donors (Lipinski definition) is 3. The Morgan fingerprint density at radius 2 is 1.69 bits per heavy atom. The van der Waals surface area contributed by atoms with E-state index in [9.17, 15) is 13.2 Å². The van der Waals surface area contributed by atoms with Crippen LogP contribution in [0.15, 0.2) is 76.5 Å². The van der Waals surface area contributed by atoms with E-state index in [0.717, 1.165) is 0 Å². The van der Waals surface area contributed by atoms with Gasteiger partial charge in [0.05, 0.1) is 17.6 Å². The normalized spacial score (nSPS) is 10.9. The minimum atomic E-state index is -3.65. The third-order valence-electron chi connectivity index (χ3n) is 3.36. The van der Waals surface area contributed by atoms with Gasteiger partial charge in [-0.1, -0.05) is 18.2 Å². The summed E-state index contributed by atoms with van der Waals surface area (Å²) in [6.45, 7) is 0.209. The van der Waals surface area contributed by atoms with Gasteiger partial charge in [0.1, 0.15) is 5.76 Å². The molecule has 1 heterocycles. The van der Waals surface area contributed by atoms with Crippen LogP contribution in [-0.2, 0) is 16.6 Å². The largest absolute Gasteiger partial charge is 0.447 e. The van der Waals surface area contributed by atoms with Crippen LogP contribution in [-0.4, -0.2) is 19.4 Å². The molecule has 0 unspecified atom stereocenters. The molecule has 0 fully saturated rings. The second-order valence-electron chi connectivity index (χ2n) is 5.27. The predicted octanol–water partition coefficient (Wildman–Crippen LogP) is 2.80. The maximum Gasteiger partial charge on any atom is 0.319 e. The lowest BCUT2D eigenvalue weighted by Crippen LogP contribution is -2.27. The third kappa shape index (κ3) is 4.61. The summed E-state index contributed by atoms with van der Waals surface area (Å²) in [4.78, 5) is 15.7. The van der Waals surface area contributed by atoms with E-state index in [0.29, 0.717) is 17.1 Å². The van der Waals surface area contributed by atoms with Gasteiger partial charge in [0.15, 0.2) is 6.39 Å². The fourth-order valence-electron chi connectivity index (χ4n) is 2.11. The standard InChI is InChI=1S/C17H16N4O4S/c22-17(19-11-15-10-18-12-25-15)20-13-6-8-14(9-7-13)21-26(23,24)16-4-2-1-3-5-16/h1-10,12,21H,11H2,(H2,19,20,22). The van der Waals surface area contributed by atoms with Gasteiger partial charge >= 0.3 is 6.03 Å². The van der Waals surface area contributed by atoms with Crippen molar-refractivity contribution in [2.24, 2.45) is 0 Å². The van der Waals surface area contributed by atoms with Crippen molar-refractivity contribution in [3.8, 4) is 0 Å². The molecule has 3 N–H and O–H groups in total. The van der Waals surface area contributed by atoms with Gasteiger partial charge in [0, 0.05) is 11.4 Å². The van der Waals surface area contributed by atoms with Crippen LogP contribution in [0.5, 0.6) is 0 Å². The molecule has 0 aliphatic rings. The van der Waals surface area contributed by atoms with Crippen LogP contribution in [0.25, 0.3) is 0 Å². The highest BCUT2D eigenvalue weighted by Gasteiger charge is 2.13. The van der Waals surface area contributed by atoms with Crippen molar-refractivity contribution < 1.29 is 17.6 Å². The van der Waals surface area contributed by atoms with Crippen LogP contribution in [0.3, 0.4) is 0 Å². The first-order valence-corrected chi connectivity index (χ1v) is 9.11. The van der Waals surface area contributed by atoms with E-state index < -0.39 is 16.1 Å². The number of benzene rings is 2. The first-order valence-electron chi connectivity index (χ1n) is 7.63. The lowest BCUT2D eigenvalue weighted by Gasteiger charge is -2.10. The number of oxazole rings is 1. The Kier molecular flexibility index (Phi) is 5.18. The van der Waals surface area contributed by atoms with Crippen LogP contribution >= 0.6 is 0 Å². The number of carbonyl (C=O) groups is 1. The number of urea groups is 1. The molecule has 2 amide bonds. The van der Waals surface area contributed by atoms with E-state index in [1.165, 1.54) is 24.7 Å². The van der Waals surface area contributed by atoms with Crippen LogP contribution < -0.4 is 15.4 Å². The fraction of sp³-hybridized carbons (Fsp3) is 0.0588. The van der Waals surface area contributed by atoms with Crippen molar-refractivity contribution in [3.05, 3.63) is 72.9 Å². The second kappa shape index (κ2) is 7.70. The summed E-state index contributed by atoms with van der Waals surface area (Å²) in [5.74, 6) is 0.533. The molecule has 0 aliphatic carbocycles. The lowest BCUT2D eigenvalue weighted by molar-refractivity contribution is 0.251. The van der Waals surface area contributed by atoms with Gasteiger partial charge < -0.3 is 15.1 Å². The molecule has 9 heteroatoms. The summed E-state index contributed by atoms with van der Waals surface area (Å²) in [5.41, 5.74) is 0.907. The molecule has 2 aromatic carbocycles. The maximum absolute atomic E-state index is 12.3. The van der Waals surface area contributed by atoms with Crippen LogP contribution in [0.2, 0.25) is 0 Å². The predicted molar refractivity (Wildman–Crippen MR) is 96.1 cm³/mol. The Morgan fingerprint density at radius 1 is 1.00 bits per heavy atom. The molecular weight excluding hydrogens is 356 g/mol. The molecule has 134 valence electrons. The maximum atomic E-state index is 12.3. The highest BCUT2D eigenvalue weighted by molar-refractivity contribution is 7.92. The van der Waals surface area contributed by atoms with Gasteiger partial charge in [-0.2, -0.15) is 0 Å². The van der Waals surface area contributed by atoms with E-state index >= 15 is 0 Å². The van der Waals surface area contributed by atoms with Gasteiger partial charge in [0.2, 0.25) is 0 Å². The molecule has 0 spiro atoms. The van der Waals surface area contributed by atoms with Crippen LogP contribution in [0.1, 0.15) is 5.76 Å². The Labute approximate surface area is 150 Å². The Bertz CT molecular complexity index is 956. The number of amides is 2. The van der Waals surface area contributed by atoms with Gasteiger partial charge in [-0.25, -0.2) is 18.2 Å². The van der Waals surface area contributed by atoms with Crippen molar-refractivity contribution in [2.45, 2.75) is 11.4 Å². The van der Waals surface area contributed by atoms with E-state index in [2.05, 4.69) is 20.3 Å². The van der Waals surface area contributed by atoms with Crippen molar-refractivity contribution >= 4 is 27.4 Å². The number of anilines is 2. The van der Waals surface area contributed by atoms with Gasteiger partial charge in [-0.05, 0) is 36.4 Å². The van der Waals surface area contributed by atoms with Crippen molar-refractivity contribution in [1.29, 1.82) is 0 Å². The zero-order chi connectivity index (χ0) is 18.4. The molecule has 0 saturated carbocycles. The highest BCUT2D eigenvalue weighted by atomic mass is 32.2. The van der Waals surface area contributed by atoms with Crippen molar-refractivity contribution in [2.75, 3.05) is 10.0 Å². The number of rotatable bonds is 6.